The molecule has 0 radical (unpaired) electrons. The van der Waals surface area contributed by atoms with Crippen molar-refractivity contribution < 1.29 is 23.4 Å². The number of rotatable bonds is 2. The van der Waals surface area contributed by atoms with Crippen molar-refractivity contribution in [3.8, 4) is 17.2 Å². The van der Waals surface area contributed by atoms with Crippen molar-refractivity contribution >= 4 is 32.9 Å². The van der Waals surface area contributed by atoms with Gasteiger partial charge in [-0.15, -0.1) is 0 Å². The van der Waals surface area contributed by atoms with Crippen LogP contribution in [-0.2, 0) is 0 Å². The highest BCUT2D eigenvalue weighted by Crippen LogP contribution is 2.38. The number of furan rings is 1. The summed E-state index contributed by atoms with van der Waals surface area (Å²) in [5.41, 5.74) is 0.420. The van der Waals surface area contributed by atoms with E-state index in [9.17, 15) is 9.90 Å². The third kappa shape index (κ3) is 1.85. The lowest BCUT2D eigenvalue weighted by molar-refractivity contribution is 0.407. The fourth-order valence-electron chi connectivity index (χ4n) is 2.74. The number of aromatic hydroxyl groups is 1. The monoisotopic (exact) mass is 312 g/mol. The molecule has 0 amide bonds. The molecule has 116 valence electrons. The van der Waals surface area contributed by atoms with Gasteiger partial charge in [-0.3, -0.25) is 0 Å². The van der Waals surface area contributed by atoms with Crippen LogP contribution >= 0.6 is 0 Å². The minimum atomic E-state index is -0.538. The van der Waals surface area contributed by atoms with Crippen LogP contribution in [-0.4, -0.2) is 19.3 Å². The first kappa shape index (κ1) is 13.5. The lowest BCUT2D eigenvalue weighted by Gasteiger charge is -2.04. The Kier molecular flexibility index (Phi) is 2.74. The molecule has 1 N–H and O–H groups in total. The highest BCUT2D eigenvalue weighted by atomic mass is 16.5. The van der Waals surface area contributed by atoms with Crippen molar-refractivity contribution in [1.29, 1.82) is 0 Å². The molecule has 0 fully saturated rings. The molecule has 0 bridgehead atoms. The zero-order valence-corrected chi connectivity index (χ0v) is 12.4. The van der Waals surface area contributed by atoms with Crippen LogP contribution in [0, 0.1) is 0 Å². The average molecular weight is 312 g/mol. The van der Waals surface area contributed by atoms with Gasteiger partial charge in [0, 0.05) is 23.6 Å². The molecule has 0 aliphatic heterocycles. The molecule has 2 heterocycles. The Morgan fingerprint density at radius 1 is 0.913 bits per heavy atom. The quantitative estimate of drug-likeness (QED) is 0.571. The Morgan fingerprint density at radius 3 is 2.39 bits per heavy atom. The Morgan fingerprint density at radius 2 is 1.65 bits per heavy atom. The maximum absolute atomic E-state index is 12.4. The number of phenols is 1. The molecule has 0 spiro atoms. The van der Waals surface area contributed by atoms with Gasteiger partial charge in [0.15, 0.2) is 5.58 Å². The molecule has 2 aromatic heterocycles. The van der Waals surface area contributed by atoms with Gasteiger partial charge in [-0.25, -0.2) is 4.79 Å². The highest BCUT2D eigenvalue weighted by molar-refractivity contribution is 6.14. The van der Waals surface area contributed by atoms with E-state index in [0.29, 0.717) is 27.9 Å². The van der Waals surface area contributed by atoms with Crippen LogP contribution in [0.1, 0.15) is 0 Å². The molecule has 2 aromatic carbocycles. The van der Waals surface area contributed by atoms with Crippen LogP contribution in [0.5, 0.6) is 17.2 Å². The summed E-state index contributed by atoms with van der Waals surface area (Å²) in [5.74, 6) is 0.908. The van der Waals surface area contributed by atoms with Gasteiger partial charge in [0.2, 0.25) is 0 Å². The minimum Gasteiger partial charge on any atom is -0.507 e. The number of fused-ring (bicyclic) bond motifs is 5. The molecular formula is C17H12O6. The minimum absolute atomic E-state index is 0.0841. The van der Waals surface area contributed by atoms with Crippen LogP contribution in [0.25, 0.3) is 32.9 Å². The van der Waals surface area contributed by atoms with Crippen molar-refractivity contribution in [1.82, 2.24) is 0 Å². The smallest absolute Gasteiger partial charge is 0.348 e. The van der Waals surface area contributed by atoms with E-state index < -0.39 is 5.63 Å². The van der Waals surface area contributed by atoms with Crippen LogP contribution in [0.4, 0.5) is 0 Å². The van der Waals surface area contributed by atoms with Crippen LogP contribution in [0.2, 0.25) is 0 Å². The van der Waals surface area contributed by atoms with E-state index in [-0.39, 0.29) is 22.3 Å². The standard InChI is InChI=1S/C17H12O6/c1-20-8-3-4-10-12(6-8)22-16-14(10)17(19)23-13-7-9(21-2)5-11(18)15(13)16/h3-7,18H,1-2H3. The third-order valence-corrected chi connectivity index (χ3v) is 3.82. The van der Waals surface area contributed by atoms with E-state index in [1.807, 2.05) is 0 Å². The van der Waals surface area contributed by atoms with E-state index >= 15 is 0 Å². The molecule has 0 saturated carbocycles. The van der Waals surface area contributed by atoms with Gasteiger partial charge in [0.25, 0.3) is 0 Å². The molecule has 6 nitrogen and oxygen atoms in total. The second-order valence-electron chi connectivity index (χ2n) is 5.08. The predicted octanol–water partition coefficient (Wildman–Crippen LogP) is 3.42. The van der Waals surface area contributed by atoms with Crippen molar-refractivity contribution in [2.45, 2.75) is 0 Å². The van der Waals surface area contributed by atoms with Gasteiger partial charge in [-0.1, -0.05) is 0 Å². The topological polar surface area (TPSA) is 82.0 Å². The molecule has 0 aliphatic carbocycles. The van der Waals surface area contributed by atoms with E-state index in [2.05, 4.69) is 0 Å². The summed E-state index contributed by atoms with van der Waals surface area (Å²) >= 11 is 0. The zero-order valence-electron chi connectivity index (χ0n) is 12.4. The molecule has 23 heavy (non-hydrogen) atoms. The lowest BCUT2D eigenvalue weighted by atomic mass is 10.1. The van der Waals surface area contributed by atoms with Gasteiger partial charge in [0.05, 0.1) is 14.2 Å². The highest BCUT2D eigenvalue weighted by Gasteiger charge is 2.19. The number of methoxy groups -OCH3 is 2. The summed E-state index contributed by atoms with van der Waals surface area (Å²) in [6, 6.07) is 8.11. The van der Waals surface area contributed by atoms with Crippen LogP contribution < -0.4 is 15.1 Å². The molecule has 0 aliphatic rings. The Hall–Kier alpha value is -3.15. The number of ether oxygens (including phenoxy) is 2. The zero-order chi connectivity index (χ0) is 16.1. The van der Waals surface area contributed by atoms with Crippen molar-refractivity contribution in [3.05, 3.63) is 40.8 Å². The SMILES string of the molecule is COc1ccc2c(c1)oc1c3c(O)cc(OC)cc3oc(=O)c21. The number of hydrogen-bond donors (Lipinski definition) is 1. The summed E-state index contributed by atoms with van der Waals surface area (Å²) < 4.78 is 21.4. The normalized spacial score (nSPS) is 11.4. The first-order valence-electron chi connectivity index (χ1n) is 6.86. The fourth-order valence-corrected chi connectivity index (χ4v) is 2.74. The molecule has 4 rings (SSSR count). The summed E-state index contributed by atoms with van der Waals surface area (Å²) in [6.45, 7) is 0. The van der Waals surface area contributed by atoms with E-state index in [4.69, 9.17) is 18.3 Å². The van der Waals surface area contributed by atoms with Gasteiger partial charge < -0.3 is 23.4 Å². The maximum Gasteiger partial charge on any atom is 0.348 e. The van der Waals surface area contributed by atoms with Crippen molar-refractivity contribution in [2.75, 3.05) is 14.2 Å². The lowest BCUT2D eigenvalue weighted by Crippen LogP contribution is -1.98. The molecule has 4 aromatic rings. The predicted molar refractivity (Wildman–Crippen MR) is 84.5 cm³/mol. The maximum atomic E-state index is 12.4. The Balaban J connectivity index is 2.23. The first-order chi connectivity index (χ1) is 11.1. The second-order valence-corrected chi connectivity index (χ2v) is 5.08. The average Bonchev–Trinajstić information content (AvgIpc) is 2.92. The molecular weight excluding hydrogens is 300 g/mol. The molecule has 0 unspecified atom stereocenters. The van der Waals surface area contributed by atoms with E-state index in [1.54, 1.807) is 25.3 Å². The number of phenolic OH excluding ortho intramolecular Hbond substituents is 1. The summed E-state index contributed by atoms with van der Waals surface area (Å²) in [6.07, 6.45) is 0. The van der Waals surface area contributed by atoms with Gasteiger partial charge in [-0.05, 0) is 12.1 Å². The molecule has 6 heteroatoms. The van der Waals surface area contributed by atoms with Crippen LogP contribution in [0.15, 0.2) is 44.0 Å². The number of benzene rings is 2. The summed E-state index contributed by atoms with van der Waals surface area (Å²) in [5, 5.41) is 11.5. The van der Waals surface area contributed by atoms with Crippen molar-refractivity contribution in [3.63, 3.8) is 0 Å². The summed E-state index contributed by atoms with van der Waals surface area (Å²) in [7, 11) is 3.01. The Labute approximate surface area is 129 Å². The summed E-state index contributed by atoms with van der Waals surface area (Å²) in [4.78, 5) is 12.4. The van der Waals surface area contributed by atoms with E-state index in [1.165, 1.54) is 19.2 Å². The largest absolute Gasteiger partial charge is 0.507 e. The first-order valence-corrected chi connectivity index (χ1v) is 6.86. The van der Waals surface area contributed by atoms with E-state index in [0.717, 1.165) is 0 Å². The number of hydrogen-bond acceptors (Lipinski definition) is 6. The van der Waals surface area contributed by atoms with Gasteiger partial charge in [-0.2, -0.15) is 0 Å². The molecule has 0 saturated heterocycles. The third-order valence-electron chi connectivity index (χ3n) is 3.82. The Bertz CT molecular complexity index is 1120. The van der Waals surface area contributed by atoms with Gasteiger partial charge >= 0.3 is 5.63 Å². The van der Waals surface area contributed by atoms with Gasteiger partial charge in [0.1, 0.15) is 39.2 Å². The fraction of sp³-hybridized carbons (Fsp3) is 0.118. The van der Waals surface area contributed by atoms with Crippen LogP contribution in [0.3, 0.4) is 0 Å². The molecule has 0 atom stereocenters. The second kappa shape index (κ2) is 4.67. The van der Waals surface area contributed by atoms with Crippen molar-refractivity contribution in [2.24, 2.45) is 0 Å².